The number of sulfonamides is 1. The van der Waals surface area contributed by atoms with Gasteiger partial charge in [0.2, 0.25) is 0 Å². The van der Waals surface area contributed by atoms with Gasteiger partial charge in [0, 0.05) is 6.07 Å². The first-order valence-electron chi connectivity index (χ1n) is 8.15. The zero-order valence-electron chi connectivity index (χ0n) is 14.7. The standard InChI is InChI=1S/C18H14ClN3O6S/c19-14-7-3-9-16(22(24)25)17(14)29(26,27)21-15-8-2-1-6-13(15)18(23)20-11-12-5-4-10-28-12/h1-10,21H,11H2,(H,20,23). The van der Waals surface area contributed by atoms with Gasteiger partial charge in [-0.3, -0.25) is 19.6 Å². The summed E-state index contributed by atoms with van der Waals surface area (Å²) in [7, 11) is -4.46. The van der Waals surface area contributed by atoms with Crippen molar-refractivity contribution in [2.75, 3.05) is 4.72 Å². The van der Waals surface area contributed by atoms with E-state index in [-0.39, 0.29) is 22.8 Å². The molecular formula is C18H14ClN3O6S. The van der Waals surface area contributed by atoms with E-state index in [1.807, 2.05) is 0 Å². The van der Waals surface area contributed by atoms with Crippen molar-refractivity contribution in [1.82, 2.24) is 5.32 Å². The molecular weight excluding hydrogens is 422 g/mol. The highest BCUT2D eigenvalue weighted by Gasteiger charge is 2.30. The average molecular weight is 436 g/mol. The number of halogens is 1. The van der Waals surface area contributed by atoms with Crippen molar-refractivity contribution in [3.63, 3.8) is 0 Å². The summed E-state index contributed by atoms with van der Waals surface area (Å²) in [6.45, 7) is 0.100. The van der Waals surface area contributed by atoms with E-state index < -0.39 is 31.4 Å². The minimum absolute atomic E-state index is 0.0253. The van der Waals surface area contributed by atoms with E-state index in [4.69, 9.17) is 16.0 Å². The van der Waals surface area contributed by atoms with Crippen LogP contribution in [0.25, 0.3) is 0 Å². The highest BCUT2D eigenvalue weighted by molar-refractivity contribution is 7.93. The molecule has 150 valence electrons. The highest BCUT2D eigenvalue weighted by Crippen LogP contribution is 2.32. The number of nitro groups is 1. The zero-order valence-corrected chi connectivity index (χ0v) is 16.2. The van der Waals surface area contributed by atoms with Crippen molar-refractivity contribution in [2.24, 2.45) is 0 Å². The number of anilines is 1. The van der Waals surface area contributed by atoms with Gasteiger partial charge in [0.05, 0.1) is 34.0 Å². The number of benzene rings is 2. The van der Waals surface area contributed by atoms with Gasteiger partial charge in [-0.05, 0) is 30.3 Å². The van der Waals surface area contributed by atoms with Crippen LogP contribution in [-0.4, -0.2) is 19.2 Å². The molecule has 11 heteroatoms. The number of carbonyl (C=O) groups excluding carboxylic acids is 1. The average Bonchev–Trinajstić information content (AvgIpc) is 3.19. The molecule has 1 amide bonds. The molecule has 3 aromatic rings. The lowest BCUT2D eigenvalue weighted by Crippen LogP contribution is -2.25. The second kappa shape index (κ2) is 8.33. The van der Waals surface area contributed by atoms with Gasteiger partial charge in [-0.25, -0.2) is 8.42 Å². The molecule has 0 bridgehead atoms. The molecule has 9 nitrogen and oxygen atoms in total. The normalized spacial score (nSPS) is 11.1. The fourth-order valence-corrected chi connectivity index (χ4v) is 4.34. The molecule has 0 radical (unpaired) electrons. The van der Waals surface area contributed by atoms with Crippen LogP contribution in [0.1, 0.15) is 16.1 Å². The summed E-state index contributed by atoms with van der Waals surface area (Å²) in [5.74, 6) is -0.0449. The fraction of sp³-hybridized carbons (Fsp3) is 0.0556. The summed E-state index contributed by atoms with van der Waals surface area (Å²) < 4.78 is 33.0. The minimum atomic E-state index is -4.46. The van der Waals surface area contributed by atoms with Crippen LogP contribution in [0.5, 0.6) is 0 Å². The predicted molar refractivity (Wildman–Crippen MR) is 105 cm³/mol. The lowest BCUT2D eigenvalue weighted by atomic mass is 10.1. The number of nitrogens with one attached hydrogen (secondary N) is 2. The molecule has 0 aliphatic heterocycles. The quantitative estimate of drug-likeness (QED) is 0.430. The van der Waals surface area contributed by atoms with Gasteiger partial charge in [0.1, 0.15) is 5.76 Å². The molecule has 0 saturated heterocycles. The second-order valence-electron chi connectivity index (χ2n) is 5.76. The Kier molecular flexibility index (Phi) is 5.85. The Morgan fingerprint density at radius 3 is 2.55 bits per heavy atom. The van der Waals surface area contributed by atoms with Gasteiger partial charge in [-0.15, -0.1) is 0 Å². The Balaban J connectivity index is 1.91. The first-order chi connectivity index (χ1) is 13.8. The van der Waals surface area contributed by atoms with Gasteiger partial charge in [0.15, 0.2) is 4.90 Å². The Labute approximate surface area is 170 Å². The lowest BCUT2D eigenvalue weighted by Gasteiger charge is -2.13. The van der Waals surface area contributed by atoms with Crippen LogP contribution in [0.4, 0.5) is 11.4 Å². The van der Waals surface area contributed by atoms with Crippen LogP contribution in [0.3, 0.4) is 0 Å². The Morgan fingerprint density at radius 1 is 1.10 bits per heavy atom. The molecule has 2 N–H and O–H groups in total. The molecule has 0 atom stereocenters. The van der Waals surface area contributed by atoms with Gasteiger partial charge >= 0.3 is 0 Å². The third kappa shape index (κ3) is 4.55. The molecule has 0 spiro atoms. The van der Waals surface area contributed by atoms with Crippen LogP contribution in [-0.2, 0) is 16.6 Å². The summed E-state index contributed by atoms with van der Waals surface area (Å²) in [6, 6.07) is 12.7. The smallest absolute Gasteiger partial charge is 0.291 e. The van der Waals surface area contributed by atoms with Gasteiger partial charge in [0.25, 0.3) is 21.6 Å². The molecule has 0 aliphatic carbocycles. The minimum Gasteiger partial charge on any atom is -0.467 e. The van der Waals surface area contributed by atoms with Crippen LogP contribution in [0.2, 0.25) is 5.02 Å². The molecule has 2 aromatic carbocycles. The topological polar surface area (TPSA) is 132 Å². The van der Waals surface area contributed by atoms with Crippen molar-refractivity contribution in [3.05, 3.63) is 87.3 Å². The van der Waals surface area contributed by atoms with Crippen LogP contribution in [0.15, 0.2) is 70.2 Å². The highest BCUT2D eigenvalue weighted by atomic mass is 35.5. The third-order valence-electron chi connectivity index (χ3n) is 3.83. The van der Waals surface area contributed by atoms with Crippen molar-refractivity contribution in [1.29, 1.82) is 0 Å². The van der Waals surface area contributed by atoms with E-state index in [1.54, 1.807) is 18.2 Å². The van der Waals surface area contributed by atoms with Gasteiger partial charge in [-0.2, -0.15) is 0 Å². The van der Waals surface area contributed by atoms with Crippen molar-refractivity contribution in [3.8, 4) is 0 Å². The summed E-state index contributed by atoms with van der Waals surface area (Å²) in [5.41, 5.74) is -0.708. The monoisotopic (exact) mass is 435 g/mol. The van der Waals surface area contributed by atoms with Crippen LogP contribution >= 0.6 is 11.6 Å². The number of nitrogens with zero attached hydrogens (tertiary/aromatic N) is 1. The maximum absolute atomic E-state index is 12.8. The first-order valence-corrected chi connectivity index (χ1v) is 10.0. The molecule has 0 fully saturated rings. The molecule has 1 aromatic heterocycles. The molecule has 0 saturated carbocycles. The van der Waals surface area contributed by atoms with E-state index in [0.29, 0.717) is 5.76 Å². The lowest BCUT2D eigenvalue weighted by molar-refractivity contribution is -0.387. The van der Waals surface area contributed by atoms with E-state index in [1.165, 1.54) is 36.6 Å². The molecule has 1 heterocycles. The number of rotatable bonds is 7. The Morgan fingerprint density at radius 2 is 1.86 bits per heavy atom. The van der Waals surface area contributed by atoms with Crippen LogP contribution in [0, 0.1) is 10.1 Å². The summed E-state index contributed by atoms with van der Waals surface area (Å²) in [4.78, 5) is 22.2. The SMILES string of the molecule is O=C(NCc1ccco1)c1ccccc1NS(=O)(=O)c1c(Cl)cccc1[N+](=O)[O-]. The van der Waals surface area contributed by atoms with Crippen LogP contribution < -0.4 is 10.0 Å². The number of amides is 1. The molecule has 3 rings (SSSR count). The third-order valence-corrected chi connectivity index (χ3v) is 5.71. The Hall–Kier alpha value is -3.37. The van der Waals surface area contributed by atoms with E-state index in [0.717, 1.165) is 6.07 Å². The molecule has 29 heavy (non-hydrogen) atoms. The zero-order chi connectivity index (χ0) is 21.0. The predicted octanol–water partition coefficient (Wildman–Crippen LogP) is 3.57. The number of furan rings is 1. The summed E-state index contributed by atoms with van der Waals surface area (Å²) >= 11 is 5.92. The first kappa shape index (κ1) is 20.4. The van der Waals surface area contributed by atoms with Crippen molar-refractivity contribution >= 4 is 38.9 Å². The number of hydrogen-bond acceptors (Lipinski definition) is 6. The van der Waals surface area contributed by atoms with Crippen molar-refractivity contribution < 1.29 is 22.6 Å². The van der Waals surface area contributed by atoms with Gasteiger partial charge in [-0.1, -0.05) is 29.8 Å². The van der Waals surface area contributed by atoms with Crippen molar-refractivity contribution in [2.45, 2.75) is 11.4 Å². The maximum Gasteiger partial charge on any atom is 0.291 e. The number of para-hydroxylation sites is 1. The van der Waals surface area contributed by atoms with E-state index in [2.05, 4.69) is 10.0 Å². The van der Waals surface area contributed by atoms with Gasteiger partial charge < -0.3 is 9.73 Å². The summed E-state index contributed by atoms with van der Waals surface area (Å²) in [6.07, 6.45) is 1.46. The second-order valence-corrected chi connectivity index (χ2v) is 7.78. The number of hydrogen-bond donors (Lipinski definition) is 2. The molecule has 0 unspecified atom stereocenters. The fourth-order valence-electron chi connectivity index (χ4n) is 2.55. The Bertz CT molecular complexity index is 1160. The largest absolute Gasteiger partial charge is 0.467 e. The number of nitro benzene ring substituents is 1. The molecule has 0 aliphatic rings. The summed E-state index contributed by atoms with van der Waals surface area (Å²) in [5, 5.41) is 13.5. The maximum atomic E-state index is 12.8. The number of carbonyl (C=O) groups is 1. The van der Waals surface area contributed by atoms with E-state index >= 15 is 0 Å². The van der Waals surface area contributed by atoms with E-state index in [9.17, 15) is 23.3 Å².